The molecule has 1 aliphatic heterocycles. The molecular formula is C28H33F3N6O2. The zero-order valence-electron chi connectivity index (χ0n) is 22.9. The number of imidazole rings is 1. The van der Waals surface area contributed by atoms with Crippen molar-refractivity contribution >= 4 is 27.6 Å². The molecular weight excluding hydrogens is 509 g/mol. The predicted molar refractivity (Wildman–Crippen MR) is 145 cm³/mol. The molecule has 0 spiro atoms. The molecule has 3 heterocycles. The summed E-state index contributed by atoms with van der Waals surface area (Å²) in [5, 5.41) is 23.1. The van der Waals surface area contributed by atoms with Crippen molar-refractivity contribution < 1.29 is 18.3 Å². The summed E-state index contributed by atoms with van der Waals surface area (Å²) in [5.41, 5.74) is -1.25. The molecule has 2 N–H and O–H groups in total. The molecule has 2 aromatic carbocycles. The Balaban J connectivity index is 1.61. The third-order valence-electron chi connectivity index (χ3n) is 7.86. The molecule has 39 heavy (non-hydrogen) atoms. The summed E-state index contributed by atoms with van der Waals surface area (Å²) >= 11 is 0. The first-order valence-electron chi connectivity index (χ1n) is 12.9. The van der Waals surface area contributed by atoms with E-state index in [9.17, 15) is 18.7 Å². The normalized spacial score (nSPS) is 17.8. The maximum absolute atomic E-state index is 15.4. The molecule has 8 nitrogen and oxygen atoms in total. The number of nitrogens with zero attached hydrogens (tertiary/aromatic N) is 5. The van der Waals surface area contributed by atoms with Gasteiger partial charge in [-0.2, -0.15) is 13.9 Å². The van der Waals surface area contributed by atoms with Crippen LogP contribution < -0.4 is 11.0 Å². The van der Waals surface area contributed by atoms with Gasteiger partial charge in [-0.05, 0) is 65.9 Å². The largest absolute Gasteiger partial charge is 0.384 e. The first-order valence-corrected chi connectivity index (χ1v) is 12.9. The van der Waals surface area contributed by atoms with Crippen molar-refractivity contribution in [3.05, 3.63) is 63.5 Å². The number of alkyl halides is 2. The van der Waals surface area contributed by atoms with Gasteiger partial charge in [-0.15, -0.1) is 5.10 Å². The molecule has 1 fully saturated rings. The molecule has 4 aromatic rings. The molecule has 11 heteroatoms. The number of nitrogens with one attached hydrogen (secondary N) is 1. The van der Waals surface area contributed by atoms with E-state index in [0.717, 1.165) is 55.8 Å². The number of likely N-dealkylation sites (N-methyl/N-ethyl adjacent to an activating group) is 1. The van der Waals surface area contributed by atoms with Crippen LogP contribution >= 0.6 is 0 Å². The maximum atomic E-state index is 15.4. The van der Waals surface area contributed by atoms with E-state index in [1.165, 1.54) is 12.1 Å². The number of hydrogen-bond acceptors (Lipinski definition) is 6. The lowest BCUT2D eigenvalue weighted by atomic mass is 9.91. The quantitative estimate of drug-likeness (QED) is 0.369. The summed E-state index contributed by atoms with van der Waals surface area (Å²) in [6, 6.07) is 6.82. The van der Waals surface area contributed by atoms with Gasteiger partial charge in [0.2, 0.25) is 0 Å². The van der Waals surface area contributed by atoms with E-state index in [1.54, 1.807) is 18.5 Å². The van der Waals surface area contributed by atoms with Crippen LogP contribution in [0.25, 0.3) is 21.8 Å². The van der Waals surface area contributed by atoms with Crippen molar-refractivity contribution in [1.82, 2.24) is 24.2 Å². The summed E-state index contributed by atoms with van der Waals surface area (Å²) in [7, 11) is 3.77. The van der Waals surface area contributed by atoms with Crippen LogP contribution in [0.1, 0.15) is 56.1 Å². The van der Waals surface area contributed by atoms with Gasteiger partial charge in [-0.3, -0.25) is 9.13 Å². The van der Waals surface area contributed by atoms with E-state index in [-0.39, 0.29) is 17.3 Å². The number of aliphatic hydroxyl groups is 1. The SMILES string of the molecule is Cc1nnc(NC(C)c2cccc(C(F)(F)C(C)(C)O)c2F)c2cc3c(cc12)n(C)c(=O)n3C1CCN(C)C1. The van der Waals surface area contributed by atoms with E-state index < -0.39 is 28.9 Å². The molecule has 5 rings (SSSR count). The van der Waals surface area contributed by atoms with Crippen molar-refractivity contribution in [1.29, 1.82) is 0 Å². The Morgan fingerprint density at radius 1 is 1.13 bits per heavy atom. The molecule has 0 radical (unpaired) electrons. The minimum Gasteiger partial charge on any atom is -0.384 e. The van der Waals surface area contributed by atoms with Gasteiger partial charge in [-0.25, -0.2) is 9.18 Å². The number of likely N-dealkylation sites (tertiary alicyclic amines) is 1. The fourth-order valence-corrected chi connectivity index (χ4v) is 5.46. The number of rotatable bonds is 6. The first kappa shape index (κ1) is 27.1. The van der Waals surface area contributed by atoms with Gasteiger partial charge in [0.05, 0.1) is 34.4 Å². The Morgan fingerprint density at radius 2 is 1.82 bits per heavy atom. The molecule has 0 saturated carbocycles. The van der Waals surface area contributed by atoms with Gasteiger partial charge >= 0.3 is 11.6 Å². The van der Waals surface area contributed by atoms with E-state index in [4.69, 9.17) is 0 Å². The van der Waals surface area contributed by atoms with Crippen LogP contribution in [-0.2, 0) is 13.0 Å². The zero-order valence-corrected chi connectivity index (χ0v) is 22.9. The molecule has 0 amide bonds. The molecule has 2 aromatic heterocycles. The number of aromatic nitrogens is 4. The Kier molecular flexibility index (Phi) is 6.50. The van der Waals surface area contributed by atoms with Gasteiger partial charge in [0.25, 0.3) is 0 Å². The van der Waals surface area contributed by atoms with Crippen molar-refractivity contribution in [2.75, 3.05) is 25.5 Å². The number of halogens is 3. The lowest BCUT2D eigenvalue weighted by Crippen LogP contribution is -2.41. The average Bonchev–Trinajstić information content (AvgIpc) is 3.39. The molecule has 2 atom stereocenters. The van der Waals surface area contributed by atoms with E-state index in [1.807, 2.05) is 30.7 Å². The van der Waals surface area contributed by atoms with Crippen molar-refractivity contribution in [2.45, 2.75) is 57.7 Å². The highest BCUT2D eigenvalue weighted by Crippen LogP contribution is 2.41. The van der Waals surface area contributed by atoms with E-state index in [0.29, 0.717) is 16.9 Å². The number of anilines is 1. The Labute approximate surface area is 224 Å². The second-order valence-electron chi connectivity index (χ2n) is 11.1. The molecule has 1 aliphatic rings. The third kappa shape index (κ3) is 4.37. The van der Waals surface area contributed by atoms with Crippen LogP contribution in [0.5, 0.6) is 0 Å². The smallest absolute Gasteiger partial charge is 0.329 e. The van der Waals surface area contributed by atoms with E-state index in [2.05, 4.69) is 20.4 Å². The van der Waals surface area contributed by atoms with Gasteiger partial charge in [0, 0.05) is 29.9 Å². The highest BCUT2D eigenvalue weighted by molar-refractivity contribution is 6.01. The van der Waals surface area contributed by atoms with Crippen molar-refractivity contribution in [3.63, 3.8) is 0 Å². The first-order chi connectivity index (χ1) is 18.2. The molecule has 0 aliphatic carbocycles. The van der Waals surface area contributed by atoms with Crippen LogP contribution in [0.2, 0.25) is 0 Å². The average molecular weight is 543 g/mol. The minimum absolute atomic E-state index is 0.00126. The topological polar surface area (TPSA) is 88.2 Å². The molecule has 0 bridgehead atoms. The monoisotopic (exact) mass is 542 g/mol. The summed E-state index contributed by atoms with van der Waals surface area (Å²) in [5.74, 6) is -4.56. The zero-order chi connectivity index (χ0) is 28.4. The van der Waals surface area contributed by atoms with Gasteiger partial charge in [0.15, 0.2) is 5.82 Å². The Bertz CT molecular complexity index is 1640. The summed E-state index contributed by atoms with van der Waals surface area (Å²) < 4.78 is 48.6. The lowest BCUT2D eigenvalue weighted by molar-refractivity contribution is -0.170. The molecule has 1 saturated heterocycles. The van der Waals surface area contributed by atoms with Crippen LogP contribution in [0.3, 0.4) is 0 Å². The standard InChI is InChI=1S/C28H33F3N6O2/c1-15(18-8-7-9-21(24(18)29)28(30,31)27(3,4)39)32-25-20-13-23-22(12-19(20)16(2)33-34-25)36(6)26(38)37(23)17-10-11-35(5)14-17/h7-9,12-13,15,17,39H,10-11,14H2,1-6H3,(H,32,34). The number of benzene rings is 2. The van der Waals surface area contributed by atoms with Gasteiger partial charge in [0.1, 0.15) is 11.4 Å². The highest BCUT2D eigenvalue weighted by atomic mass is 19.3. The van der Waals surface area contributed by atoms with Crippen molar-refractivity contribution in [2.24, 2.45) is 7.05 Å². The second kappa shape index (κ2) is 9.34. The van der Waals surface area contributed by atoms with E-state index >= 15 is 4.39 Å². The fourth-order valence-electron chi connectivity index (χ4n) is 5.46. The molecule has 2 unspecified atom stereocenters. The number of aryl methyl sites for hydroxylation is 2. The van der Waals surface area contributed by atoms with Gasteiger partial charge in [-0.1, -0.05) is 12.1 Å². The highest BCUT2D eigenvalue weighted by Gasteiger charge is 2.49. The van der Waals surface area contributed by atoms with Crippen LogP contribution in [0, 0.1) is 12.7 Å². The minimum atomic E-state index is -3.81. The third-order valence-corrected chi connectivity index (χ3v) is 7.86. The van der Waals surface area contributed by atoms with Gasteiger partial charge < -0.3 is 15.3 Å². The second-order valence-corrected chi connectivity index (χ2v) is 11.1. The molecule has 208 valence electrons. The Morgan fingerprint density at radius 3 is 2.46 bits per heavy atom. The van der Waals surface area contributed by atoms with Crippen LogP contribution in [0.15, 0.2) is 35.1 Å². The number of hydrogen-bond donors (Lipinski definition) is 2. The van der Waals surface area contributed by atoms with Crippen LogP contribution in [0.4, 0.5) is 19.0 Å². The lowest BCUT2D eigenvalue weighted by Gasteiger charge is -2.30. The summed E-state index contributed by atoms with van der Waals surface area (Å²) in [4.78, 5) is 15.4. The predicted octanol–water partition coefficient (Wildman–Crippen LogP) is 4.64. The van der Waals surface area contributed by atoms with Crippen LogP contribution in [-0.4, -0.2) is 55.1 Å². The fraction of sp³-hybridized carbons (Fsp3) is 0.464. The summed E-state index contributed by atoms with van der Waals surface area (Å²) in [6.07, 6.45) is 0.855. The maximum Gasteiger partial charge on any atom is 0.329 e. The number of fused-ring (bicyclic) bond motifs is 2. The Hall–Kier alpha value is -3.44. The van der Waals surface area contributed by atoms with Crippen molar-refractivity contribution in [3.8, 4) is 0 Å². The summed E-state index contributed by atoms with van der Waals surface area (Å²) in [6.45, 7) is 7.01.